The summed E-state index contributed by atoms with van der Waals surface area (Å²) in [6.45, 7) is 1.04. The maximum Gasteiger partial charge on any atom is 0.417 e. The van der Waals surface area contributed by atoms with Crippen LogP contribution in [0.3, 0.4) is 0 Å². The Labute approximate surface area is 186 Å². The third-order valence-electron chi connectivity index (χ3n) is 6.79. The van der Waals surface area contributed by atoms with E-state index in [9.17, 15) is 24.3 Å². The van der Waals surface area contributed by atoms with Crippen molar-refractivity contribution >= 4 is 23.9 Å². The first-order valence-corrected chi connectivity index (χ1v) is 11.0. The lowest BCUT2D eigenvalue weighted by Gasteiger charge is -2.39. The van der Waals surface area contributed by atoms with E-state index in [2.05, 4.69) is 0 Å². The molecule has 3 aliphatic rings. The number of amides is 2. The Hall–Kier alpha value is -3.16. The normalized spacial score (nSPS) is 28.9. The predicted octanol–water partition coefficient (Wildman–Crippen LogP) is 3.16. The molecule has 32 heavy (non-hydrogen) atoms. The molecule has 0 unspecified atom stereocenters. The van der Waals surface area contributed by atoms with Crippen molar-refractivity contribution in [3.63, 3.8) is 0 Å². The van der Waals surface area contributed by atoms with Crippen LogP contribution < -0.4 is 0 Å². The highest BCUT2D eigenvalue weighted by Crippen LogP contribution is 2.50. The van der Waals surface area contributed by atoms with E-state index < -0.39 is 47.7 Å². The Kier molecular flexibility index (Phi) is 6.30. The Morgan fingerprint density at radius 3 is 2.56 bits per heavy atom. The number of rotatable bonds is 5. The highest BCUT2D eigenvalue weighted by Gasteiger charge is 2.59. The van der Waals surface area contributed by atoms with Crippen LogP contribution in [0.5, 0.6) is 0 Å². The molecule has 1 heterocycles. The smallest absolute Gasteiger partial charge is 0.417 e. The van der Waals surface area contributed by atoms with Gasteiger partial charge in [0.25, 0.3) is 0 Å². The third kappa shape index (κ3) is 4.13. The van der Waals surface area contributed by atoms with Crippen LogP contribution in [-0.4, -0.2) is 46.6 Å². The van der Waals surface area contributed by atoms with Gasteiger partial charge in [0.1, 0.15) is 13.2 Å². The van der Waals surface area contributed by atoms with Crippen LogP contribution in [0.1, 0.15) is 38.2 Å². The Bertz CT molecular complexity index is 941. The quantitative estimate of drug-likeness (QED) is 0.552. The van der Waals surface area contributed by atoms with E-state index in [1.54, 1.807) is 12.1 Å². The van der Waals surface area contributed by atoms with Gasteiger partial charge < -0.3 is 14.6 Å². The zero-order valence-corrected chi connectivity index (χ0v) is 17.9. The first kappa shape index (κ1) is 22.0. The van der Waals surface area contributed by atoms with Gasteiger partial charge in [-0.2, -0.15) is 0 Å². The number of benzene rings is 1. The Morgan fingerprint density at radius 2 is 1.88 bits per heavy atom. The van der Waals surface area contributed by atoms with Crippen molar-refractivity contribution in [1.29, 1.82) is 0 Å². The van der Waals surface area contributed by atoms with Crippen LogP contribution >= 0.6 is 0 Å². The van der Waals surface area contributed by atoms with Crippen molar-refractivity contribution in [1.82, 2.24) is 4.90 Å². The summed E-state index contributed by atoms with van der Waals surface area (Å²) in [7, 11) is 0. The molecule has 0 bridgehead atoms. The molecule has 170 valence electrons. The summed E-state index contributed by atoms with van der Waals surface area (Å²) in [4.78, 5) is 51.1. The second kappa shape index (κ2) is 9.14. The number of likely N-dealkylation sites (tertiary alicyclic amines) is 1. The number of aliphatic carboxylic acids is 1. The molecule has 0 aromatic heterocycles. The molecule has 1 saturated carbocycles. The molecule has 2 amide bonds. The molecule has 2 aliphatic carbocycles. The van der Waals surface area contributed by atoms with Gasteiger partial charge in [-0.1, -0.05) is 48.4 Å². The van der Waals surface area contributed by atoms with E-state index in [1.165, 1.54) is 6.92 Å². The van der Waals surface area contributed by atoms with Crippen molar-refractivity contribution in [3.05, 3.63) is 47.5 Å². The Morgan fingerprint density at radius 1 is 1.12 bits per heavy atom. The highest BCUT2D eigenvalue weighted by atomic mass is 16.6. The van der Waals surface area contributed by atoms with Crippen molar-refractivity contribution in [2.24, 2.45) is 23.7 Å². The maximum absolute atomic E-state index is 13.4. The second-order valence-corrected chi connectivity index (χ2v) is 8.68. The minimum absolute atomic E-state index is 0.0227. The van der Waals surface area contributed by atoms with Gasteiger partial charge in [-0.25, -0.2) is 9.69 Å². The number of ether oxygens (including phenoxy) is 2. The monoisotopic (exact) mass is 441 g/mol. The molecule has 1 aliphatic heterocycles. The standard InChI is InChI=1S/C24H27NO7/c1-14(26)31-13-19-18-11-16-9-5-6-10-17(16)21(23(28)29)20(18)22(27)25(19)24(30)32-12-15-7-3-2-4-8-15/h2-4,7-8,11,17-21H,5-6,9-10,12-13H2,1H3,(H,28,29)/t17-,18+,19+,20-,21+/m0/s1. The number of esters is 1. The van der Waals surface area contributed by atoms with E-state index in [4.69, 9.17) is 9.47 Å². The fraction of sp³-hybridized carbons (Fsp3) is 0.500. The largest absolute Gasteiger partial charge is 0.481 e. The number of carbonyl (C=O) groups excluding carboxylic acids is 3. The van der Waals surface area contributed by atoms with E-state index >= 15 is 0 Å². The molecule has 1 aromatic rings. The van der Waals surface area contributed by atoms with Crippen LogP contribution in [0.2, 0.25) is 0 Å². The first-order chi connectivity index (χ1) is 15.4. The SMILES string of the molecule is CC(=O)OC[C@@H]1[C@H]2C=C3CCCC[C@@H]3[C@@H](C(=O)O)[C@H]2C(=O)N1C(=O)OCc1ccccc1. The molecule has 8 heteroatoms. The summed E-state index contributed by atoms with van der Waals surface area (Å²) >= 11 is 0. The van der Waals surface area contributed by atoms with Crippen LogP contribution in [0.25, 0.3) is 0 Å². The number of carboxylic acid groups (broad SMARTS) is 1. The summed E-state index contributed by atoms with van der Waals surface area (Å²) in [5.74, 6) is -4.66. The molecule has 8 nitrogen and oxygen atoms in total. The van der Waals surface area contributed by atoms with Gasteiger partial charge in [-0.15, -0.1) is 0 Å². The molecule has 5 atom stereocenters. The number of nitrogens with zero attached hydrogens (tertiary/aromatic N) is 1. The topological polar surface area (TPSA) is 110 Å². The van der Waals surface area contributed by atoms with Gasteiger partial charge in [0, 0.05) is 12.8 Å². The lowest BCUT2D eigenvalue weighted by molar-refractivity contribution is -0.150. The lowest BCUT2D eigenvalue weighted by Crippen LogP contribution is -2.43. The molecular formula is C24H27NO7. The molecule has 1 aromatic carbocycles. The molecule has 0 spiro atoms. The number of hydrogen-bond donors (Lipinski definition) is 1. The van der Waals surface area contributed by atoms with Crippen LogP contribution in [0.15, 0.2) is 42.0 Å². The van der Waals surface area contributed by atoms with Crippen LogP contribution in [-0.2, 0) is 30.5 Å². The lowest BCUT2D eigenvalue weighted by atomic mass is 9.63. The summed E-state index contributed by atoms with van der Waals surface area (Å²) in [5.41, 5.74) is 1.79. The molecule has 4 rings (SSSR count). The van der Waals surface area contributed by atoms with Gasteiger partial charge in [-0.05, 0) is 30.7 Å². The number of carboxylic acids is 1. The van der Waals surface area contributed by atoms with Crippen LogP contribution in [0, 0.1) is 23.7 Å². The Balaban J connectivity index is 1.64. The van der Waals surface area contributed by atoms with E-state index in [1.807, 2.05) is 24.3 Å². The molecule has 2 fully saturated rings. The van der Waals surface area contributed by atoms with Crippen molar-refractivity contribution in [2.75, 3.05) is 6.61 Å². The molecular weight excluding hydrogens is 414 g/mol. The fourth-order valence-electron chi connectivity index (χ4n) is 5.41. The highest BCUT2D eigenvalue weighted by molar-refractivity contribution is 5.98. The van der Waals surface area contributed by atoms with Gasteiger partial charge >= 0.3 is 18.0 Å². The van der Waals surface area contributed by atoms with E-state index in [0.717, 1.165) is 35.3 Å². The maximum atomic E-state index is 13.4. The molecule has 1 N–H and O–H groups in total. The first-order valence-electron chi connectivity index (χ1n) is 11.0. The van der Waals surface area contributed by atoms with Gasteiger partial charge in [0.2, 0.25) is 5.91 Å². The minimum Gasteiger partial charge on any atom is -0.481 e. The molecule has 0 radical (unpaired) electrons. The summed E-state index contributed by atoms with van der Waals surface area (Å²) in [5, 5.41) is 10.0. The summed E-state index contributed by atoms with van der Waals surface area (Å²) in [6.07, 6.45) is 4.49. The minimum atomic E-state index is -1.03. The number of carbonyl (C=O) groups is 4. The number of fused-ring (bicyclic) bond motifs is 2. The van der Waals surface area contributed by atoms with Crippen LogP contribution in [0.4, 0.5) is 4.79 Å². The number of hydrogen-bond acceptors (Lipinski definition) is 6. The average molecular weight is 441 g/mol. The fourth-order valence-corrected chi connectivity index (χ4v) is 5.41. The second-order valence-electron chi connectivity index (χ2n) is 8.68. The van der Waals surface area contributed by atoms with E-state index in [0.29, 0.717) is 6.42 Å². The van der Waals surface area contributed by atoms with Gasteiger partial charge in [-0.3, -0.25) is 14.4 Å². The third-order valence-corrected chi connectivity index (χ3v) is 6.79. The van der Waals surface area contributed by atoms with Gasteiger partial charge in [0.05, 0.1) is 17.9 Å². The summed E-state index contributed by atoms with van der Waals surface area (Å²) < 4.78 is 10.6. The molecule has 1 saturated heterocycles. The number of allylic oxidation sites excluding steroid dienone is 1. The van der Waals surface area contributed by atoms with Crippen molar-refractivity contribution in [3.8, 4) is 0 Å². The van der Waals surface area contributed by atoms with E-state index in [-0.39, 0.29) is 19.1 Å². The zero-order valence-electron chi connectivity index (χ0n) is 17.9. The number of imide groups is 1. The van der Waals surface area contributed by atoms with Gasteiger partial charge in [0.15, 0.2) is 0 Å². The summed E-state index contributed by atoms with van der Waals surface area (Å²) in [6, 6.07) is 8.27. The predicted molar refractivity (Wildman–Crippen MR) is 112 cm³/mol. The zero-order chi connectivity index (χ0) is 22.8. The van der Waals surface area contributed by atoms with Crippen molar-refractivity contribution in [2.45, 2.75) is 45.3 Å². The van der Waals surface area contributed by atoms with Crippen molar-refractivity contribution < 1.29 is 33.8 Å². The average Bonchev–Trinajstić information content (AvgIpc) is 3.06.